The second-order valence-corrected chi connectivity index (χ2v) is 5.06. The first-order chi connectivity index (χ1) is 8.67. The van der Waals surface area contributed by atoms with Gasteiger partial charge in [-0.2, -0.15) is 0 Å². The van der Waals surface area contributed by atoms with Gasteiger partial charge in [-0.1, -0.05) is 24.6 Å². The maximum Gasteiger partial charge on any atom is 0.316 e. The minimum Gasteiger partial charge on any atom is -0.465 e. The normalized spacial score (nSPS) is 10.4. The van der Waals surface area contributed by atoms with Crippen molar-refractivity contribution in [3.8, 4) is 0 Å². The second-order valence-electron chi connectivity index (χ2n) is 3.64. The summed E-state index contributed by atoms with van der Waals surface area (Å²) >= 11 is 7.57. The Morgan fingerprint density at radius 2 is 2.22 bits per heavy atom. The summed E-state index contributed by atoms with van der Waals surface area (Å²) in [5, 5.41) is 3.92. The van der Waals surface area contributed by atoms with Gasteiger partial charge >= 0.3 is 5.97 Å². The van der Waals surface area contributed by atoms with Crippen LogP contribution in [0.5, 0.6) is 0 Å². The average molecular weight is 288 g/mol. The molecule has 5 heteroatoms. The van der Waals surface area contributed by atoms with Gasteiger partial charge in [-0.3, -0.25) is 4.79 Å². The second kappa shape index (κ2) is 8.40. The van der Waals surface area contributed by atoms with Crippen molar-refractivity contribution in [2.24, 2.45) is 0 Å². The Morgan fingerprint density at radius 3 is 2.83 bits per heavy atom. The lowest BCUT2D eigenvalue weighted by atomic mass is 10.2. The number of nitrogens with one attached hydrogen (secondary N) is 1. The van der Waals surface area contributed by atoms with Crippen LogP contribution in [0.4, 0.5) is 0 Å². The molecule has 0 saturated heterocycles. The number of carbonyl (C=O) groups excluding carboxylic acids is 1. The molecule has 0 radical (unpaired) electrons. The predicted octanol–water partition coefficient (Wildman–Crippen LogP) is 3.10. The molecule has 0 aliphatic heterocycles. The molecule has 0 spiro atoms. The van der Waals surface area contributed by atoms with E-state index in [9.17, 15) is 4.79 Å². The van der Waals surface area contributed by atoms with Crippen LogP contribution >= 0.6 is 23.4 Å². The van der Waals surface area contributed by atoms with Crippen molar-refractivity contribution in [3.63, 3.8) is 0 Å². The lowest BCUT2D eigenvalue weighted by molar-refractivity contribution is -0.139. The largest absolute Gasteiger partial charge is 0.465 e. The molecule has 0 amide bonds. The van der Waals surface area contributed by atoms with Gasteiger partial charge in [0, 0.05) is 11.4 Å². The van der Waals surface area contributed by atoms with E-state index in [-0.39, 0.29) is 5.97 Å². The number of carbonyl (C=O) groups is 1. The highest BCUT2D eigenvalue weighted by molar-refractivity contribution is 8.00. The van der Waals surface area contributed by atoms with Crippen molar-refractivity contribution >= 4 is 29.3 Å². The Hall–Kier alpha value is -0.710. The van der Waals surface area contributed by atoms with Crippen LogP contribution in [0.15, 0.2) is 23.1 Å². The molecule has 0 unspecified atom stereocenters. The van der Waals surface area contributed by atoms with E-state index in [1.54, 1.807) is 6.92 Å². The van der Waals surface area contributed by atoms with E-state index in [0.29, 0.717) is 17.4 Å². The first-order valence-corrected chi connectivity index (χ1v) is 7.31. The number of ether oxygens (including phenoxy) is 1. The van der Waals surface area contributed by atoms with Crippen molar-refractivity contribution in [1.82, 2.24) is 5.32 Å². The maximum absolute atomic E-state index is 11.2. The van der Waals surface area contributed by atoms with Gasteiger partial charge in [0.2, 0.25) is 0 Å². The van der Waals surface area contributed by atoms with Gasteiger partial charge < -0.3 is 10.1 Å². The SMILES string of the molecule is CCNCc1ccc(SCC(=O)OCC)c(Cl)c1. The number of hydrogen-bond donors (Lipinski definition) is 1. The molecule has 0 aliphatic rings. The summed E-state index contributed by atoms with van der Waals surface area (Å²) in [4.78, 5) is 12.1. The molecular weight excluding hydrogens is 270 g/mol. The lowest BCUT2D eigenvalue weighted by Gasteiger charge is -2.07. The minimum absolute atomic E-state index is 0.213. The highest BCUT2D eigenvalue weighted by Crippen LogP contribution is 2.28. The molecule has 0 fully saturated rings. The quantitative estimate of drug-likeness (QED) is 0.618. The standard InChI is InChI=1S/C13H18ClNO2S/c1-3-15-8-10-5-6-12(11(14)7-10)18-9-13(16)17-4-2/h5-7,15H,3-4,8-9H2,1-2H3. The Kier molecular flexibility index (Phi) is 7.16. The zero-order valence-electron chi connectivity index (χ0n) is 10.7. The fraction of sp³-hybridized carbons (Fsp3) is 0.462. The van der Waals surface area contributed by atoms with Crippen molar-refractivity contribution in [1.29, 1.82) is 0 Å². The number of thioether (sulfide) groups is 1. The van der Waals surface area contributed by atoms with Crippen LogP contribution in [0.2, 0.25) is 5.02 Å². The topological polar surface area (TPSA) is 38.3 Å². The van der Waals surface area contributed by atoms with Crippen molar-refractivity contribution < 1.29 is 9.53 Å². The third kappa shape index (κ3) is 5.29. The van der Waals surface area contributed by atoms with Gasteiger partial charge in [0.05, 0.1) is 17.4 Å². The average Bonchev–Trinajstić information content (AvgIpc) is 2.35. The molecule has 1 aromatic carbocycles. The van der Waals surface area contributed by atoms with Crippen LogP contribution in [0, 0.1) is 0 Å². The number of rotatable bonds is 7. The van der Waals surface area contributed by atoms with Crippen LogP contribution in [0.1, 0.15) is 19.4 Å². The van der Waals surface area contributed by atoms with Gasteiger partial charge in [0.1, 0.15) is 0 Å². The summed E-state index contributed by atoms with van der Waals surface area (Å²) in [6.07, 6.45) is 0. The van der Waals surface area contributed by atoms with Gasteiger partial charge in [-0.25, -0.2) is 0 Å². The van der Waals surface area contributed by atoms with Crippen LogP contribution in [0.3, 0.4) is 0 Å². The molecule has 18 heavy (non-hydrogen) atoms. The molecule has 0 aromatic heterocycles. The summed E-state index contributed by atoms with van der Waals surface area (Å²) in [6.45, 7) is 6.00. The lowest BCUT2D eigenvalue weighted by Crippen LogP contribution is -2.11. The zero-order chi connectivity index (χ0) is 13.4. The van der Waals surface area contributed by atoms with Crippen molar-refractivity contribution in [2.75, 3.05) is 18.9 Å². The number of halogens is 1. The third-order valence-corrected chi connectivity index (χ3v) is 3.70. The van der Waals surface area contributed by atoms with Gasteiger partial charge in [0.25, 0.3) is 0 Å². The smallest absolute Gasteiger partial charge is 0.316 e. The molecule has 0 aliphatic carbocycles. The van der Waals surface area contributed by atoms with Crippen molar-refractivity contribution in [3.05, 3.63) is 28.8 Å². The van der Waals surface area contributed by atoms with Gasteiger partial charge in [-0.05, 0) is 31.2 Å². The molecule has 0 bridgehead atoms. The molecule has 0 saturated carbocycles. The first-order valence-electron chi connectivity index (χ1n) is 5.95. The minimum atomic E-state index is -0.213. The Morgan fingerprint density at radius 1 is 1.44 bits per heavy atom. The zero-order valence-corrected chi connectivity index (χ0v) is 12.2. The van der Waals surface area contributed by atoms with Gasteiger partial charge in [-0.15, -0.1) is 11.8 Å². The van der Waals surface area contributed by atoms with E-state index < -0.39 is 0 Å². The fourth-order valence-corrected chi connectivity index (χ4v) is 2.46. The molecule has 100 valence electrons. The maximum atomic E-state index is 11.2. The molecular formula is C13H18ClNO2S. The molecule has 1 rings (SSSR count). The summed E-state index contributed by atoms with van der Waals surface area (Å²) in [5.74, 6) is 0.0791. The summed E-state index contributed by atoms with van der Waals surface area (Å²) < 4.78 is 4.87. The van der Waals surface area contributed by atoms with Crippen molar-refractivity contribution in [2.45, 2.75) is 25.3 Å². The van der Waals surface area contributed by atoms with Crippen LogP contribution in [-0.4, -0.2) is 24.9 Å². The summed E-state index contributed by atoms with van der Waals surface area (Å²) in [7, 11) is 0. The predicted molar refractivity (Wildman–Crippen MR) is 76.2 cm³/mol. The highest BCUT2D eigenvalue weighted by Gasteiger charge is 2.07. The Balaban J connectivity index is 2.54. The summed E-state index contributed by atoms with van der Waals surface area (Å²) in [6, 6.07) is 5.89. The molecule has 0 heterocycles. The molecule has 0 atom stereocenters. The van der Waals surface area contributed by atoms with E-state index >= 15 is 0 Å². The van der Waals surface area contributed by atoms with E-state index in [2.05, 4.69) is 12.2 Å². The van der Waals surface area contributed by atoms with E-state index in [1.165, 1.54) is 11.8 Å². The van der Waals surface area contributed by atoms with Crippen LogP contribution in [0.25, 0.3) is 0 Å². The van der Waals surface area contributed by atoms with Crippen LogP contribution < -0.4 is 5.32 Å². The Bertz CT molecular complexity index is 399. The third-order valence-electron chi connectivity index (χ3n) is 2.23. The molecule has 1 aromatic rings. The number of benzene rings is 1. The first kappa shape index (κ1) is 15.3. The Labute approximate surface area is 117 Å². The number of hydrogen-bond acceptors (Lipinski definition) is 4. The number of esters is 1. The van der Waals surface area contributed by atoms with E-state index in [0.717, 1.165) is 23.5 Å². The molecule has 1 N–H and O–H groups in total. The van der Waals surface area contributed by atoms with Crippen LogP contribution in [-0.2, 0) is 16.1 Å². The van der Waals surface area contributed by atoms with E-state index in [1.807, 2.05) is 18.2 Å². The monoisotopic (exact) mass is 287 g/mol. The van der Waals surface area contributed by atoms with E-state index in [4.69, 9.17) is 16.3 Å². The highest BCUT2D eigenvalue weighted by atomic mass is 35.5. The summed E-state index contributed by atoms with van der Waals surface area (Å²) in [5.41, 5.74) is 1.14. The van der Waals surface area contributed by atoms with Gasteiger partial charge in [0.15, 0.2) is 0 Å². The molecule has 3 nitrogen and oxygen atoms in total. The fourth-order valence-electron chi connectivity index (χ4n) is 1.38.